The highest BCUT2D eigenvalue weighted by Gasteiger charge is 2.43. The van der Waals surface area contributed by atoms with E-state index in [0.717, 1.165) is 22.1 Å². The zero-order valence-electron chi connectivity index (χ0n) is 22.1. The van der Waals surface area contributed by atoms with E-state index in [4.69, 9.17) is 9.47 Å². The molecule has 1 aromatic carbocycles. The van der Waals surface area contributed by atoms with Crippen LogP contribution in [0.3, 0.4) is 0 Å². The Labute approximate surface area is 221 Å². The van der Waals surface area contributed by atoms with Gasteiger partial charge in [-0.3, -0.25) is 4.79 Å². The Hall–Kier alpha value is -4.10. The number of aromatic nitrogens is 2. The second kappa shape index (κ2) is 10.7. The fourth-order valence-electron chi connectivity index (χ4n) is 4.48. The van der Waals surface area contributed by atoms with Gasteiger partial charge in [-0.1, -0.05) is 24.3 Å². The van der Waals surface area contributed by atoms with Crippen molar-refractivity contribution in [3.05, 3.63) is 48.3 Å². The van der Waals surface area contributed by atoms with Gasteiger partial charge in [-0.05, 0) is 38.0 Å². The zero-order valence-corrected chi connectivity index (χ0v) is 22.1. The molecule has 0 radical (unpaired) electrons. The molecule has 3 heterocycles. The standard InChI is InChI=1S/C28H33N5O5/c1-27(2,3)38-26(36)32-28(9-11-37-12-10-28)25(35)31-22(15-29)13-18-5-7-19(8-6-18)20-14-21-17-33(4)24(34)23(21)30-16-20/h5-8,14,16-17,22,34H,9-13H2,1-4H3,(H,31,35)(H,32,36)/t22-/m0/s1. The molecule has 0 spiro atoms. The number of hydrogen-bond acceptors (Lipinski definition) is 7. The number of carbonyl (C=O) groups is 2. The topological polar surface area (TPSA) is 138 Å². The number of nitrogens with zero attached hydrogens (tertiary/aromatic N) is 3. The Balaban J connectivity index is 1.44. The summed E-state index contributed by atoms with van der Waals surface area (Å²) in [5, 5.41) is 26.2. The van der Waals surface area contributed by atoms with Crippen molar-refractivity contribution in [2.45, 2.75) is 57.2 Å². The van der Waals surface area contributed by atoms with Crippen LogP contribution in [-0.2, 0) is 27.7 Å². The van der Waals surface area contributed by atoms with Crippen LogP contribution < -0.4 is 10.6 Å². The molecule has 1 aliphatic rings. The first kappa shape index (κ1) is 26.9. The number of pyridine rings is 1. The highest BCUT2D eigenvalue weighted by atomic mass is 16.6. The fraction of sp³-hybridized carbons (Fsp3) is 0.429. The van der Waals surface area contributed by atoms with Gasteiger partial charge in [0, 0.05) is 62.9 Å². The van der Waals surface area contributed by atoms with Crippen LogP contribution in [0.15, 0.2) is 42.7 Å². The number of amides is 2. The Bertz CT molecular complexity index is 1360. The molecule has 1 atom stereocenters. The number of aromatic hydroxyl groups is 1. The summed E-state index contributed by atoms with van der Waals surface area (Å²) < 4.78 is 12.4. The summed E-state index contributed by atoms with van der Waals surface area (Å²) in [5.74, 6) is -0.310. The molecular weight excluding hydrogens is 486 g/mol. The number of aryl methyl sites for hydroxylation is 1. The van der Waals surface area contributed by atoms with Gasteiger partial charge < -0.3 is 29.8 Å². The van der Waals surface area contributed by atoms with E-state index < -0.39 is 29.2 Å². The number of carbonyl (C=O) groups excluding carboxylic acids is 2. The molecule has 1 aliphatic heterocycles. The lowest BCUT2D eigenvalue weighted by Gasteiger charge is -2.37. The number of ether oxygens (including phenoxy) is 2. The summed E-state index contributed by atoms with van der Waals surface area (Å²) in [6.07, 6.45) is 3.70. The maximum atomic E-state index is 13.3. The Morgan fingerprint density at radius 2 is 1.92 bits per heavy atom. The quantitative estimate of drug-likeness (QED) is 0.452. The van der Waals surface area contributed by atoms with E-state index in [1.807, 2.05) is 36.5 Å². The molecule has 1 fully saturated rings. The van der Waals surface area contributed by atoms with Crippen molar-refractivity contribution in [3.63, 3.8) is 0 Å². The van der Waals surface area contributed by atoms with Gasteiger partial charge in [-0.25, -0.2) is 9.78 Å². The van der Waals surface area contributed by atoms with Gasteiger partial charge in [0.2, 0.25) is 11.8 Å². The van der Waals surface area contributed by atoms with E-state index in [1.54, 1.807) is 38.6 Å². The maximum Gasteiger partial charge on any atom is 0.408 e. The summed E-state index contributed by atoms with van der Waals surface area (Å²) in [7, 11) is 1.76. The number of hydrogen-bond donors (Lipinski definition) is 3. The number of alkyl carbamates (subject to hydrolysis) is 1. The van der Waals surface area contributed by atoms with Crippen molar-refractivity contribution >= 4 is 22.9 Å². The van der Waals surface area contributed by atoms with Crippen molar-refractivity contribution in [3.8, 4) is 23.1 Å². The molecule has 3 aromatic rings. The molecule has 10 nitrogen and oxygen atoms in total. The van der Waals surface area contributed by atoms with Crippen molar-refractivity contribution < 1.29 is 24.2 Å². The minimum atomic E-state index is -1.21. The number of fused-ring (bicyclic) bond motifs is 1. The normalized spacial score (nSPS) is 15.9. The van der Waals surface area contributed by atoms with Gasteiger partial charge in [0.05, 0.1) is 6.07 Å². The Morgan fingerprint density at radius 3 is 2.55 bits per heavy atom. The third-order valence-electron chi connectivity index (χ3n) is 6.51. The highest BCUT2D eigenvalue weighted by molar-refractivity contribution is 5.90. The summed E-state index contributed by atoms with van der Waals surface area (Å²) in [6.45, 7) is 5.88. The first-order valence-electron chi connectivity index (χ1n) is 12.5. The first-order valence-corrected chi connectivity index (χ1v) is 12.5. The minimum absolute atomic E-state index is 0.121. The van der Waals surface area contributed by atoms with Gasteiger partial charge in [0.1, 0.15) is 22.7 Å². The lowest BCUT2D eigenvalue weighted by Crippen LogP contribution is -2.63. The molecule has 0 bridgehead atoms. The van der Waals surface area contributed by atoms with Crippen molar-refractivity contribution in [1.29, 1.82) is 5.26 Å². The largest absolute Gasteiger partial charge is 0.493 e. The van der Waals surface area contributed by atoms with Crippen molar-refractivity contribution in [2.75, 3.05) is 13.2 Å². The van der Waals surface area contributed by atoms with E-state index in [0.29, 0.717) is 25.2 Å². The first-order chi connectivity index (χ1) is 18.0. The predicted octanol–water partition coefficient (Wildman–Crippen LogP) is 3.57. The van der Waals surface area contributed by atoms with Crippen LogP contribution in [0.5, 0.6) is 5.88 Å². The van der Waals surface area contributed by atoms with Crippen LogP contribution in [0.2, 0.25) is 0 Å². The second-order valence-corrected chi connectivity index (χ2v) is 10.6. The van der Waals surface area contributed by atoms with Crippen molar-refractivity contribution in [1.82, 2.24) is 20.2 Å². The van der Waals surface area contributed by atoms with Crippen LogP contribution in [0, 0.1) is 11.3 Å². The van der Waals surface area contributed by atoms with Gasteiger partial charge in [-0.2, -0.15) is 5.26 Å². The maximum absolute atomic E-state index is 13.3. The molecule has 1 saturated heterocycles. The van der Waals surface area contributed by atoms with Crippen LogP contribution in [-0.4, -0.2) is 57.1 Å². The SMILES string of the molecule is Cn1cc2cc(-c3ccc(C[C@@H](C#N)NC(=O)C4(NC(=O)OC(C)(C)C)CCOCC4)cc3)cnc2c1O. The second-order valence-electron chi connectivity index (χ2n) is 10.6. The molecular formula is C28H33N5O5. The average Bonchev–Trinajstić information content (AvgIpc) is 3.15. The molecule has 2 aromatic heterocycles. The lowest BCUT2D eigenvalue weighted by atomic mass is 9.88. The number of nitriles is 1. The van der Waals surface area contributed by atoms with Gasteiger partial charge in [0.15, 0.2) is 0 Å². The van der Waals surface area contributed by atoms with Gasteiger partial charge >= 0.3 is 6.09 Å². The Kier molecular flexibility index (Phi) is 7.60. The van der Waals surface area contributed by atoms with Gasteiger partial charge in [-0.15, -0.1) is 0 Å². The van der Waals surface area contributed by atoms with E-state index in [9.17, 15) is 20.0 Å². The molecule has 0 unspecified atom stereocenters. The van der Waals surface area contributed by atoms with Crippen molar-refractivity contribution in [2.24, 2.45) is 7.05 Å². The lowest BCUT2D eigenvalue weighted by molar-refractivity contribution is -0.132. The van der Waals surface area contributed by atoms with E-state index in [-0.39, 0.29) is 18.7 Å². The summed E-state index contributed by atoms with van der Waals surface area (Å²) >= 11 is 0. The summed E-state index contributed by atoms with van der Waals surface area (Å²) in [4.78, 5) is 30.2. The van der Waals surface area contributed by atoms with Gasteiger partial charge in [0.25, 0.3) is 0 Å². The number of rotatable bonds is 6. The average molecular weight is 520 g/mol. The third kappa shape index (κ3) is 6.06. The fourth-order valence-corrected chi connectivity index (χ4v) is 4.48. The van der Waals surface area contributed by atoms with Crippen LogP contribution >= 0.6 is 0 Å². The Morgan fingerprint density at radius 1 is 1.24 bits per heavy atom. The summed E-state index contributed by atoms with van der Waals surface area (Å²) in [6, 6.07) is 11.0. The minimum Gasteiger partial charge on any atom is -0.493 e. The predicted molar refractivity (Wildman–Crippen MR) is 141 cm³/mol. The zero-order chi connectivity index (χ0) is 27.5. The highest BCUT2D eigenvalue weighted by Crippen LogP contribution is 2.29. The van der Waals surface area contributed by atoms with E-state index in [2.05, 4.69) is 21.7 Å². The van der Waals surface area contributed by atoms with Crippen LogP contribution in [0.25, 0.3) is 22.0 Å². The number of benzene rings is 1. The molecule has 4 rings (SSSR count). The molecule has 2 amide bonds. The molecule has 38 heavy (non-hydrogen) atoms. The molecule has 200 valence electrons. The van der Waals surface area contributed by atoms with Crippen LogP contribution in [0.4, 0.5) is 4.79 Å². The molecule has 0 saturated carbocycles. The number of nitrogens with one attached hydrogen (secondary N) is 2. The smallest absolute Gasteiger partial charge is 0.408 e. The van der Waals surface area contributed by atoms with Crippen LogP contribution in [0.1, 0.15) is 39.2 Å². The molecule has 10 heteroatoms. The summed E-state index contributed by atoms with van der Waals surface area (Å²) in [5.41, 5.74) is 1.33. The molecule has 0 aliphatic carbocycles. The third-order valence-corrected chi connectivity index (χ3v) is 6.51. The van der Waals surface area contributed by atoms with E-state index >= 15 is 0 Å². The molecule has 3 N–H and O–H groups in total. The monoisotopic (exact) mass is 519 g/mol. The van der Waals surface area contributed by atoms with E-state index in [1.165, 1.54) is 0 Å².